The van der Waals surface area contributed by atoms with Gasteiger partial charge in [-0.2, -0.15) is 13.2 Å². The molecule has 0 radical (unpaired) electrons. The van der Waals surface area contributed by atoms with Gasteiger partial charge in [0.15, 0.2) is 0 Å². The molecule has 2 heterocycles. The maximum atomic E-state index is 12.8. The van der Waals surface area contributed by atoms with Crippen LogP contribution in [0.2, 0.25) is 0 Å². The predicted molar refractivity (Wildman–Crippen MR) is 62.6 cm³/mol. The van der Waals surface area contributed by atoms with E-state index in [2.05, 4.69) is 0 Å². The van der Waals surface area contributed by atoms with Crippen LogP contribution in [-0.2, 0) is 17.5 Å². The van der Waals surface area contributed by atoms with Crippen LogP contribution in [0.25, 0.3) is 0 Å². The largest absolute Gasteiger partial charge is 0.431 e. The lowest BCUT2D eigenvalue weighted by Crippen LogP contribution is -2.40. The highest BCUT2D eigenvalue weighted by Crippen LogP contribution is 2.28. The Balaban J connectivity index is 2.26. The Morgan fingerprint density at radius 2 is 2.21 bits per heavy atom. The molecule has 1 fully saturated rings. The number of pyridine rings is 1. The third kappa shape index (κ3) is 3.16. The quantitative estimate of drug-likeness (QED) is 0.903. The van der Waals surface area contributed by atoms with Crippen LogP contribution in [0.15, 0.2) is 23.0 Å². The molecule has 1 aliphatic heterocycles. The maximum Gasteiger partial charge on any atom is 0.431 e. The van der Waals surface area contributed by atoms with Crippen LogP contribution in [-0.4, -0.2) is 23.8 Å². The average Bonchev–Trinajstić information content (AvgIpc) is 2.83. The van der Waals surface area contributed by atoms with E-state index >= 15 is 0 Å². The number of ether oxygens (including phenoxy) is 1. The van der Waals surface area contributed by atoms with Crippen LogP contribution in [0.5, 0.6) is 0 Å². The summed E-state index contributed by atoms with van der Waals surface area (Å²) in [5.74, 6) is -0.00631. The smallest absolute Gasteiger partial charge is 0.381 e. The van der Waals surface area contributed by atoms with Gasteiger partial charge in [0.05, 0.1) is 6.61 Å². The molecule has 1 aromatic heterocycles. The van der Waals surface area contributed by atoms with Crippen LogP contribution >= 0.6 is 0 Å². The number of rotatable bonds is 3. The summed E-state index contributed by atoms with van der Waals surface area (Å²) in [5, 5.41) is 0. The van der Waals surface area contributed by atoms with E-state index in [0.29, 0.717) is 24.2 Å². The number of alkyl halides is 3. The van der Waals surface area contributed by atoms with Crippen molar-refractivity contribution in [1.29, 1.82) is 0 Å². The fourth-order valence-electron chi connectivity index (χ4n) is 2.21. The third-order valence-electron chi connectivity index (χ3n) is 3.30. The molecule has 4 nitrogen and oxygen atoms in total. The van der Waals surface area contributed by atoms with E-state index in [1.54, 1.807) is 0 Å². The summed E-state index contributed by atoms with van der Waals surface area (Å²) < 4.78 is 44.3. The Kier molecular flexibility index (Phi) is 3.96. The van der Waals surface area contributed by atoms with Crippen LogP contribution in [0.1, 0.15) is 12.1 Å². The van der Waals surface area contributed by atoms with Gasteiger partial charge < -0.3 is 15.0 Å². The highest BCUT2D eigenvalue weighted by Gasteiger charge is 2.35. The summed E-state index contributed by atoms with van der Waals surface area (Å²) >= 11 is 0. The fourth-order valence-corrected chi connectivity index (χ4v) is 2.21. The SMILES string of the molecule is NC(Cn1c(C(F)(F)F)cccc1=O)C1CCOC1. The zero-order chi connectivity index (χ0) is 14.0. The van der Waals surface area contributed by atoms with Gasteiger partial charge in [0.2, 0.25) is 0 Å². The second-order valence-corrected chi connectivity index (χ2v) is 4.65. The highest BCUT2D eigenvalue weighted by atomic mass is 19.4. The van der Waals surface area contributed by atoms with Crippen molar-refractivity contribution in [3.63, 3.8) is 0 Å². The molecular weight excluding hydrogens is 261 g/mol. The fraction of sp³-hybridized carbons (Fsp3) is 0.583. The van der Waals surface area contributed by atoms with E-state index in [1.807, 2.05) is 0 Å². The molecule has 0 bridgehead atoms. The van der Waals surface area contributed by atoms with E-state index in [9.17, 15) is 18.0 Å². The number of nitrogens with two attached hydrogens (primary N) is 1. The Bertz CT molecular complexity index is 492. The first-order valence-electron chi connectivity index (χ1n) is 6.00. The van der Waals surface area contributed by atoms with Gasteiger partial charge in [-0.1, -0.05) is 6.07 Å². The molecule has 7 heteroatoms. The van der Waals surface area contributed by atoms with Crippen molar-refractivity contribution < 1.29 is 17.9 Å². The van der Waals surface area contributed by atoms with Gasteiger partial charge in [0.25, 0.3) is 5.56 Å². The molecule has 1 aromatic rings. The zero-order valence-corrected chi connectivity index (χ0v) is 10.2. The molecule has 0 spiro atoms. The molecule has 19 heavy (non-hydrogen) atoms. The lowest BCUT2D eigenvalue weighted by atomic mass is 10.00. The number of hydrogen-bond donors (Lipinski definition) is 1. The van der Waals surface area contributed by atoms with Gasteiger partial charge in [-0.3, -0.25) is 4.79 Å². The second-order valence-electron chi connectivity index (χ2n) is 4.65. The summed E-state index contributed by atoms with van der Waals surface area (Å²) in [7, 11) is 0. The van der Waals surface area contributed by atoms with Crippen molar-refractivity contribution >= 4 is 0 Å². The van der Waals surface area contributed by atoms with Gasteiger partial charge in [-0.15, -0.1) is 0 Å². The van der Waals surface area contributed by atoms with E-state index in [0.717, 1.165) is 18.2 Å². The zero-order valence-electron chi connectivity index (χ0n) is 10.2. The first kappa shape index (κ1) is 14.1. The van der Waals surface area contributed by atoms with Crippen molar-refractivity contribution in [2.45, 2.75) is 25.2 Å². The average molecular weight is 276 g/mol. The molecule has 1 aliphatic rings. The molecule has 2 atom stereocenters. The van der Waals surface area contributed by atoms with Crippen LogP contribution in [0, 0.1) is 5.92 Å². The van der Waals surface area contributed by atoms with Gasteiger partial charge in [0, 0.05) is 31.2 Å². The summed E-state index contributed by atoms with van der Waals surface area (Å²) in [5.41, 5.74) is 4.23. The van der Waals surface area contributed by atoms with Crippen molar-refractivity contribution in [1.82, 2.24) is 4.57 Å². The first-order valence-corrected chi connectivity index (χ1v) is 6.00. The summed E-state index contributed by atoms with van der Waals surface area (Å²) in [6.07, 6.45) is -3.85. The standard InChI is InChI=1S/C12H15F3N2O2/c13-12(14,15)10-2-1-3-11(18)17(10)6-9(16)8-4-5-19-7-8/h1-3,8-9H,4-7,16H2. The number of aromatic nitrogens is 1. The minimum absolute atomic E-state index is 0.00631. The monoisotopic (exact) mass is 276 g/mol. The lowest BCUT2D eigenvalue weighted by molar-refractivity contribution is -0.144. The maximum absolute atomic E-state index is 12.8. The number of nitrogens with zero attached hydrogens (tertiary/aromatic N) is 1. The molecule has 0 aliphatic carbocycles. The van der Waals surface area contributed by atoms with Crippen LogP contribution in [0.3, 0.4) is 0 Å². The van der Waals surface area contributed by atoms with Crippen molar-refractivity contribution in [2.75, 3.05) is 13.2 Å². The molecule has 1 saturated heterocycles. The van der Waals surface area contributed by atoms with Crippen LogP contribution < -0.4 is 11.3 Å². The first-order chi connectivity index (χ1) is 8.89. The van der Waals surface area contributed by atoms with E-state index in [1.165, 1.54) is 0 Å². The van der Waals surface area contributed by atoms with Gasteiger partial charge >= 0.3 is 6.18 Å². The number of hydrogen-bond acceptors (Lipinski definition) is 3. The van der Waals surface area contributed by atoms with E-state index < -0.39 is 23.5 Å². The Labute approximate surface area is 108 Å². The van der Waals surface area contributed by atoms with Crippen LogP contribution in [0.4, 0.5) is 13.2 Å². The molecule has 0 amide bonds. The molecular formula is C12H15F3N2O2. The molecule has 2 N–H and O–H groups in total. The summed E-state index contributed by atoms with van der Waals surface area (Å²) in [4.78, 5) is 11.6. The minimum Gasteiger partial charge on any atom is -0.381 e. The van der Waals surface area contributed by atoms with Crippen molar-refractivity contribution in [3.05, 3.63) is 34.2 Å². The van der Waals surface area contributed by atoms with Crippen molar-refractivity contribution in [2.24, 2.45) is 11.7 Å². The predicted octanol–water partition coefficient (Wildman–Crippen LogP) is 1.23. The van der Waals surface area contributed by atoms with Gasteiger partial charge in [0.1, 0.15) is 5.69 Å². The second kappa shape index (κ2) is 5.34. The minimum atomic E-state index is -4.56. The normalized spacial score (nSPS) is 21.6. The molecule has 106 valence electrons. The molecule has 0 saturated carbocycles. The number of halogens is 3. The molecule has 2 rings (SSSR count). The molecule has 2 unspecified atom stereocenters. The summed E-state index contributed by atoms with van der Waals surface area (Å²) in [6.45, 7) is 0.848. The Morgan fingerprint density at radius 1 is 1.47 bits per heavy atom. The van der Waals surface area contributed by atoms with Gasteiger partial charge in [-0.25, -0.2) is 0 Å². The topological polar surface area (TPSA) is 57.2 Å². The van der Waals surface area contributed by atoms with Gasteiger partial charge in [-0.05, 0) is 12.5 Å². The van der Waals surface area contributed by atoms with Crippen molar-refractivity contribution in [3.8, 4) is 0 Å². The Hall–Kier alpha value is -1.34. The Morgan fingerprint density at radius 3 is 2.79 bits per heavy atom. The lowest BCUT2D eigenvalue weighted by Gasteiger charge is -2.21. The van der Waals surface area contributed by atoms with E-state index in [-0.39, 0.29) is 12.5 Å². The van der Waals surface area contributed by atoms with E-state index in [4.69, 9.17) is 10.5 Å². The summed E-state index contributed by atoms with van der Waals surface area (Å²) in [6, 6.07) is 2.57. The third-order valence-corrected chi connectivity index (χ3v) is 3.30. The molecule has 0 aromatic carbocycles. The highest BCUT2D eigenvalue weighted by molar-refractivity contribution is 5.10.